The second kappa shape index (κ2) is 11.2. The van der Waals surface area contributed by atoms with E-state index in [9.17, 15) is 14.4 Å². The number of rotatable bonds is 8. The summed E-state index contributed by atoms with van der Waals surface area (Å²) in [5.74, 6) is 0.973. The zero-order chi connectivity index (χ0) is 24.0. The quantitative estimate of drug-likeness (QED) is 0.625. The highest BCUT2D eigenvalue weighted by Gasteiger charge is 2.36. The summed E-state index contributed by atoms with van der Waals surface area (Å²) in [4.78, 5) is 41.5. The van der Waals surface area contributed by atoms with E-state index in [2.05, 4.69) is 17.4 Å². The van der Waals surface area contributed by atoms with Gasteiger partial charge < -0.3 is 19.5 Å². The van der Waals surface area contributed by atoms with Crippen LogP contribution in [-0.2, 0) is 16.7 Å². The molecule has 1 saturated heterocycles. The average Bonchev–Trinajstić information content (AvgIpc) is 3.37. The van der Waals surface area contributed by atoms with Gasteiger partial charge in [0.15, 0.2) is 0 Å². The van der Waals surface area contributed by atoms with E-state index in [4.69, 9.17) is 4.74 Å². The summed E-state index contributed by atoms with van der Waals surface area (Å²) >= 11 is 1.80. The maximum Gasteiger partial charge on any atom is 0.259 e. The number of ether oxygens (including phenoxy) is 1. The lowest BCUT2D eigenvalue weighted by molar-refractivity contribution is 0.0769. The lowest BCUT2D eigenvalue weighted by Gasteiger charge is -2.30. The standard InChI is InChI=1S/C26H33N3O4S/c1-33-14-11-28-17-21(23(30)22(18-28)25(32)29-12-15-34-16-13-29)24(31)27-19-26(9-5-6-10-26)20-7-3-2-4-8-20/h2-4,7-8,17-18H,5-6,9-16,19H2,1H3,(H,27,31). The van der Waals surface area contributed by atoms with Crippen LogP contribution in [0.4, 0.5) is 0 Å². The van der Waals surface area contributed by atoms with E-state index in [1.54, 1.807) is 40.7 Å². The topological polar surface area (TPSA) is 80.6 Å². The largest absolute Gasteiger partial charge is 0.383 e. The zero-order valence-corrected chi connectivity index (χ0v) is 20.6. The van der Waals surface area contributed by atoms with Crippen LogP contribution in [0.25, 0.3) is 0 Å². The highest BCUT2D eigenvalue weighted by atomic mass is 32.2. The molecule has 1 aromatic heterocycles. The van der Waals surface area contributed by atoms with Crippen molar-refractivity contribution < 1.29 is 14.3 Å². The van der Waals surface area contributed by atoms with Crippen LogP contribution in [0.1, 0.15) is 52.0 Å². The Morgan fingerprint density at radius 3 is 2.41 bits per heavy atom. The fourth-order valence-electron chi connectivity index (χ4n) is 4.96. The molecule has 7 nitrogen and oxygen atoms in total. The predicted octanol–water partition coefficient (Wildman–Crippen LogP) is 2.93. The Labute approximate surface area is 204 Å². The third-order valence-corrected chi connectivity index (χ3v) is 7.88. The molecule has 34 heavy (non-hydrogen) atoms. The molecule has 2 aliphatic rings. The molecular weight excluding hydrogens is 450 g/mol. The number of benzene rings is 1. The molecule has 2 fully saturated rings. The van der Waals surface area contributed by atoms with Crippen molar-refractivity contribution in [1.82, 2.24) is 14.8 Å². The molecule has 1 aliphatic heterocycles. The molecule has 0 radical (unpaired) electrons. The van der Waals surface area contributed by atoms with Gasteiger partial charge in [0.25, 0.3) is 11.8 Å². The predicted molar refractivity (Wildman–Crippen MR) is 135 cm³/mol. The van der Waals surface area contributed by atoms with Crippen molar-refractivity contribution in [3.05, 3.63) is 69.6 Å². The minimum atomic E-state index is -0.505. The van der Waals surface area contributed by atoms with E-state index >= 15 is 0 Å². The fourth-order valence-corrected chi connectivity index (χ4v) is 5.87. The van der Waals surface area contributed by atoms with Crippen LogP contribution in [0.3, 0.4) is 0 Å². The lowest BCUT2D eigenvalue weighted by Crippen LogP contribution is -2.43. The molecule has 1 N–H and O–H groups in total. The minimum absolute atomic E-state index is 0.00884. The van der Waals surface area contributed by atoms with Crippen molar-refractivity contribution >= 4 is 23.6 Å². The number of hydrogen-bond acceptors (Lipinski definition) is 5. The van der Waals surface area contributed by atoms with Gasteiger partial charge in [0.05, 0.1) is 6.61 Å². The molecule has 2 amide bonds. The van der Waals surface area contributed by atoms with Gasteiger partial charge in [-0.05, 0) is 18.4 Å². The summed E-state index contributed by atoms with van der Waals surface area (Å²) < 4.78 is 6.89. The number of amides is 2. The van der Waals surface area contributed by atoms with Crippen LogP contribution in [0.5, 0.6) is 0 Å². The van der Waals surface area contributed by atoms with Crippen molar-refractivity contribution in [3.8, 4) is 0 Å². The van der Waals surface area contributed by atoms with Gasteiger partial charge in [-0.2, -0.15) is 11.8 Å². The molecule has 0 atom stereocenters. The molecule has 2 aromatic rings. The van der Waals surface area contributed by atoms with Crippen molar-refractivity contribution in [2.24, 2.45) is 0 Å². The summed E-state index contributed by atoms with van der Waals surface area (Å²) in [5.41, 5.74) is 0.654. The van der Waals surface area contributed by atoms with E-state index in [0.29, 0.717) is 32.8 Å². The maximum absolute atomic E-state index is 13.3. The van der Waals surface area contributed by atoms with Crippen LogP contribution in [0.2, 0.25) is 0 Å². The highest BCUT2D eigenvalue weighted by Crippen LogP contribution is 2.40. The number of carbonyl (C=O) groups excluding carboxylic acids is 2. The molecule has 2 heterocycles. The molecule has 8 heteroatoms. The first-order chi connectivity index (χ1) is 16.5. The number of carbonyl (C=O) groups is 2. The first kappa shape index (κ1) is 24.5. The van der Waals surface area contributed by atoms with Crippen molar-refractivity contribution in [1.29, 1.82) is 0 Å². The number of aromatic nitrogens is 1. The van der Waals surface area contributed by atoms with Gasteiger partial charge >= 0.3 is 0 Å². The van der Waals surface area contributed by atoms with Gasteiger partial charge in [-0.25, -0.2) is 0 Å². The first-order valence-corrected chi connectivity index (χ1v) is 13.1. The molecule has 4 rings (SSSR count). The van der Waals surface area contributed by atoms with E-state index in [-0.39, 0.29) is 22.4 Å². The number of nitrogens with one attached hydrogen (secondary N) is 1. The molecule has 182 valence electrons. The second-order valence-electron chi connectivity index (χ2n) is 9.09. The fraction of sp³-hybridized carbons (Fsp3) is 0.500. The summed E-state index contributed by atoms with van der Waals surface area (Å²) in [7, 11) is 1.60. The van der Waals surface area contributed by atoms with Gasteiger partial charge in [0.2, 0.25) is 5.43 Å². The number of hydrogen-bond donors (Lipinski definition) is 1. The van der Waals surface area contributed by atoms with E-state index in [0.717, 1.165) is 37.2 Å². The van der Waals surface area contributed by atoms with E-state index < -0.39 is 11.3 Å². The molecule has 0 unspecified atom stereocenters. The molecule has 0 bridgehead atoms. The smallest absolute Gasteiger partial charge is 0.259 e. The van der Waals surface area contributed by atoms with Gasteiger partial charge in [-0.3, -0.25) is 14.4 Å². The lowest BCUT2D eigenvalue weighted by atomic mass is 9.79. The van der Waals surface area contributed by atoms with Gasteiger partial charge in [-0.1, -0.05) is 43.2 Å². The average molecular weight is 484 g/mol. The minimum Gasteiger partial charge on any atom is -0.383 e. The van der Waals surface area contributed by atoms with Crippen LogP contribution in [0.15, 0.2) is 47.5 Å². The van der Waals surface area contributed by atoms with Gasteiger partial charge in [-0.15, -0.1) is 0 Å². The highest BCUT2D eigenvalue weighted by molar-refractivity contribution is 7.99. The Bertz CT molecular complexity index is 1060. The Morgan fingerprint density at radius 1 is 1.06 bits per heavy atom. The number of nitrogens with zero attached hydrogens (tertiary/aromatic N) is 2. The Morgan fingerprint density at radius 2 is 1.74 bits per heavy atom. The molecule has 1 aliphatic carbocycles. The van der Waals surface area contributed by atoms with E-state index in [1.807, 2.05) is 18.2 Å². The van der Waals surface area contributed by atoms with Gasteiger partial charge in [0, 0.05) is 62.6 Å². The SMILES string of the molecule is COCCn1cc(C(=O)NCC2(c3ccccc3)CCCC2)c(=O)c(C(=O)N2CCSCC2)c1. The van der Waals surface area contributed by atoms with Crippen molar-refractivity contribution in [2.75, 3.05) is 44.9 Å². The Balaban J connectivity index is 1.59. The Kier molecular flexibility index (Phi) is 8.11. The molecule has 1 aromatic carbocycles. The zero-order valence-electron chi connectivity index (χ0n) is 19.8. The number of pyridine rings is 1. The molecule has 0 spiro atoms. The normalized spacial score (nSPS) is 17.5. The monoisotopic (exact) mass is 483 g/mol. The number of thioether (sulfide) groups is 1. The third kappa shape index (κ3) is 5.39. The molecule has 1 saturated carbocycles. The van der Waals surface area contributed by atoms with E-state index in [1.165, 1.54) is 5.56 Å². The third-order valence-electron chi connectivity index (χ3n) is 6.94. The van der Waals surface area contributed by atoms with Crippen LogP contribution < -0.4 is 10.7 Å². The summed E-state index contributed by atoms with van der Waals surface area (Å²) in [6.45, 7) is 2.54. The Hall–Kier alpha value is -2.58. The summed E-state index contributed by atoms with van der Waals surface area (Å²) in [6.07, 6.45) is 7.34. The molecular formula is C26H33N3O4S. The van der Waals surface area contributed by atoms with Crippen LogP contribution in [-0.4, -0.2) is 66.1 Å². The maximum atomic E-state index is 13.3. The first-order valence-electron chi connectivity index (χ1n) is 12.0. The second-order valence-corrected chi connectivity index (χ2v) is 10.3. The van der Waals surface area contributed by atoms with Gasteiger partial charge in [0.1, 0.15) is 11.1 Å². The number of methoxy groups -OCH3 is 1. The summed E-state index contributed by atoms with van der Waals surface area (Å²) in [5, 5.41) is 3.04. The van der Waals surface area contributed by atoms with Crippen LogP contribution in [0, 0.1) is 0 Å². The van der Waals surface area contributed by atoms with Crippen molar-refractivity contribution in [3.63, 3.8) is 0 Å². The summed E-state index contributed by atoms with van der Waals surface area (Å²) in [6, 6.07) is 10.3. The van der Waals surface area contributed by atoms with Crippen LogP contribution >= 0.6 is 11.8 Å². The van der Waals surface area contributed by atoms with Crippen molar-refractivity contribution in [2.45, 2.75) is 37.6 Å².